The third kappa shape index (κ3) is 3.59. The zero-order chi connectivity index (χ0) is 28.5. The van der Waals surface area contributed by atoms with Gasteiger partial charge in [-0.2, -0.15) is 0 Å². The second-order valence-electron chi connectivity index (χ2n) is 11.2. The number of aromatic nitrogens is 5. The van der Waals surface area contributed by atoms with Gasteiger partial charge in [0.1, 0.15) is 11.2 Å². The van der Waals surface area contributed by atoms with Crippen molar-refractivity contribution in [3.8, 4) is 11.5 Å². The molecule has 2 atom stereocenters. The number of hydrogen-bond donors (Lipinski definition) is 0. The summed E-state index contributed by atoms with van der Waals surface area (Å²) in [6.45, 7) is 0. The predicted molar refractivity (Wildman–Crippen MR) is 172 cm³/mol. The van der Waals surface area contributed by atoms with Gasteiger partial charge in [-0.3, -0.25) is 9.97 Å². The van der Waals surface area contributed by atoms with Gasteiger partial charge in [0, 0.05) is 36.1 Å². The van der Waals surface area contributed by atoms with Crippen molar-refractivity contribution in [3.05, 3.63) is 144 Å². The van der Waals surface area contributed by atoms with Gasteiger partial charge in [0.15, 0.2) is 11.3 Å². The number of benzene rings is 3. The molecule has 3 aromatic carbocycles. The maximum Gasteiger partial charge on any atom is 0.160 e. The SMILES string of the molecule is Cn1/c(=N\c2ccccc2)c2ncccc2c2cc(C3=CC4c5cccnc5-c5nc6ccccc6n5[C@H]4C=C3)ccc21. The summed E-state index contributed by atoms with van der Waals surface area (Å²) < 4.78 is 4.51. The summed E-state index contributed by atoms with van der Waals surface area (Å²) in [5.41, 5.74) is 10.4. The number of nitrogens with zero attached hydrogens (tertiary/aromatic N) is 6. The molecule has 6 heteroatoms. The molecule has 0 spiro atoms. The minimum Gasteiger partial charge on any atom is -0.327 e. The summed E-state index contributed by atoms with van der Waals surface area (Å²) in [6, 6.07) is 33.7. The van der Waals surface area contributed by atoms with E-state index in [1.807, 2.05) is 60.9 Å². The second kappa shape index (κ2) is 9.19. The largest absolute Gasteiger partial charge is 0.327 e. The fourth-order valence-corrected chi connectivity index (χ4v) is 6.82. The van der Waals surface area contributed by atoms with E-state index in [0.29, 0.717) is 0 Å². The van der Waals surface area contributed by atoms with Gasteiger partial charge in [0.2, 0.25) is 0 Å². The van der Waals surface area contributed by atoms with Gasteiger partial charge >= 0.3 is 0 Å². The van der Waals surface area contributed by atoms with Crippen LogP contribution in [-0.2, 0) is 7.05 Å². The first-order chi connectivity index (χ1) is 21.2. The van der Waals surface area contributed by atoms with E-state index in [2.05, 4.69) is 82.9 Å². The third-order valence-corrected chi connectivity index (χ3v) is 8.81. The second-order valence-corrected chi connectivity index (χ2v) is 11.2. The summed E-state index contributed by atoms with van der Waals surface area (Å²) in [6.07, 6.45) is 10.7. The molecule has 0 N–H and O–H groups in total. The molecule has 0 saturated carbocycles. The summed E-state index contributed by atoms with van der Waals surface area (Å²) >= 11 is 0. The van der Waals surface area contributed by atoms with Crippen LogP contribution in [0.3, 0.4) is 0 Å². The fourth-order valence-electron chi connectivity index (χ4n) is 6.82. The monoisotopic (exact) mass is 554 g/mol. The van der Waals surface area contributed by atoms with Gasteiger partial charge in [-0.15, -0.1) is 0 Å². The highest BCUT2D eigenvalue weighted by atomic mass is 15.1. The zero-order valence-electron chi connectivity index (χ0n) is 23.5. The van der Waals surface area contributed by atoms with Crippen molar-refractivity contribution in [2.45, 2.75) is 12.0 Å². The van der Waals surface area contributed by atoms with Crippen molar-refractivity contribution in [2.24, 2.45) is 12.0 Å². The van der Waals surface area contributed by atoms with Crippen LogP contribution >= 0.6 is 0 Å². The summed E-state index contributed by atoms with van der Waals surface area (Å²) in [4.78, 5) is 19.6. The summed E-state index contributed by atoms with van der Waals surface area (Å²) in [5, 5.41) is 2.24. The van der Waals surface area contributed by atoms with Crippen LogP contribution in [0.5, 0.6) is 0 Å². The normalized spacial score (nSPS) is 17.6. The molecule has 9 rings (SSSR count). The Morgan fingerprint density at radius 2 is 1.60 bits per heavy atom. The van der Waals surface area contributed by atoms with E-state index in [1.165, 1.54) is 16.7 Å². The highest BCUT2D eigenvalue weighted by molar-refractivity contribution is 6.05. The Labute approximate surface area is 247 Å². The minimum atomic E-state index is 0.133. The first-order valence-corrected chi connectivity index (χ1v) is 14.5. The molecule has 5 heterocycles. The zero-order valence-corrected chi connectivity index (χ0v) is 23.5. The average molecular weight is 555 g/mol. The van der Waals surface area contributed by atoms with E-state index >= 15 is 0 Å². The van der Waals surface area contributed by atoms with Gasteiger partial charge in [-0.1, -0.05) is 66.8 Å². The first-order valence-electron chi connectivity index (χ1n) is 14.5. The number of pyridine rings is 3. The van der Waals surface area contributed by atoms with Crippen molar-refractivity contribution < 1.29 is 0 Å². The number of hydrogen-bond acceptors (Lipinski definition) is 4. The molecule has 1 aliphatic carbocycles. The van der Waals surface area contributed by atoms with Gasteiger partial charge < -0.3 is 9.13 Å². The van der Waals surface area contributed by atoms with E-state index in [1.54, 1.807) is 0 Å². The van der Waals surface area contributed by atoms with Crippen molar-refractivity contribution in [1.29, 1.82) is 0 Å². The van der Waals surface area contributed by atoms with Crippen LogP contribution in [0, 0.1) is 0 Å². The van der Waals surface area contributed by atoms with Crippen LogP contribution in [0.4, 0.5) is 5.69 Å². The van der Waals surface area contributed by atoms with Crippen LogP contribution < -0.4 is 5.49 Å². The molecule has 0 fully saturated rings. The third-order valence-electron chi connectivity index (χ3n) is 8.81. The Morgan fingerprint density at radius 3 is 2.53 bits per heavy atom. The smallest absolute Gasteiger partial charge is 0.160 e. The molecule has 204 valence electrons. The molecule has 0 bridgehead atoms. The fraction of sp³-hybridized carbons (Fsp3) is 0.0811. The molecular weight excluding hydrogens is 528 g/mol. The standard InChI is InChI=1S/C37H26N6/c1-42-31-17-15-23(21-28(31)26-11-7-19-38-34(26)36(42)40-25-9-3-2-4-10-25)24-16-18-32-29(22-24)27-12-8-20-39-35(27)37-41-30-13-5-6-14-33(30)43(32)37/h2-22,29,32H,1H3/b40-36-/t29?,32-/m0/s1. The minimum absolute atomic E-state index is 0.133. The number of fused-ring (bicyclic) bond motifs is 11. The average Bonchev–Trinajstić information content (AvgIpc) is 3.47. The molecule has 43 heavy (non-hydrogen) atoms. The predicted octanol–water partition coefficient (Wildman–Crippen LogP) is 7.66. The topological polar surface area (TPSA) is 60.9 Å². The maximum absolute atomic E-state index is 5.00. The van der Waals surface area contributed by atoms with Crippen molar-refractivity contribution >= 4 is 44.1 Å². The van der Waals surface area contributed by atoms with Crippen LogP contribution in [-0.4, -0.2) is 24.1 Å². The van der Waals surface area contributed by atoms with Gasteiger partial charge in [-0.25, -0.2) is 9.98 Å². The Kier molecular flexibility index (Phi) is 5.14. The van der Waals surface area contributed by atoms with E-state index in [-0.39, 0.29) is 12.0 Å². The molecule has 0 radical (unpaired) electrons. The molecule has 1 aliphatic heterocycles. The van der Waals surface area contributed by atoms with Crippen LogP contribution in [0.2, 0.25) is 0 Å². The molecule has 0 amide bonds. The number of aryl methyl sites for hydroxylation is 1. The van der Waals surface area contributed by atoms with E-state index in [9.17, 15) is 0 Å². The summed E-state index contributed by atoms with van der Waals surface area (Å²) in [7, 11) is 2.07. The van der Waals surface area contributed by atoms with E-state index in [0.717, 1.165) is 55.5 Å². The molecule has 7 aromatic rings. The van der Waals surface area contributed by atoms with Gasteiger partial charge in [0.05, 0.1) is 28.3 Å². The van der Waals surface area contributed by atoms with Crippen LogP contribution in [0.25, 0.3) is 49.9 Å². The number of rotatable bonds is 2. The lowest BCUT2D eigenvalue weighted by Crippen LogP contribution is -2.24. The van der Waals surface area contributed by atoms with Crippen molar-refractivity contribution in [1.82, 2.24) is 24.1 Å². The van der Waals surface area contributed by atoms with Crippen molar-refractivity contribution in [2.75, 3.05) is 0 Å². The Balaban J connectivity index is 1.22. The molecule has 4 aromatic heterocycles. The quantitative estimate of drug-likeness (QED) is 0.206. The van der Waals surface area contributed by atoms with E-state index in [4.69, 9.17) is 19.9 Å². The lowest BCUT2D eigenvalue weighted by atomic mass is 9.80. The molecule has 6 nitrogen and oxygen atoms in total. The number of para-hydroxylation sites is 3. The molecule has 2 aliphatic rings. The Bertz CT molecular complexity index is 2370. The first kappa shape index (κ1) is 24.0. The van der Waals surface area contributed by atoms with Gasteiger partial charge in [-0.05, 0) is 65.2 Å². The Hall–Kier alpha value is -5.62. The van der Waals surface area contributed by atoms with E-state index < -0.39 is 0 Å². The van der Waals surface area contributed by atoms with Crippen LogP contribution in [0.1, 0.15) is 23.1 Å². The van der Waals surface area contributed by atoms with Crippen LogP contribution in [0.15, 0.2) is 133 Å². The van der Waals surface area contributed by atoms with Crippen molar-refractivity contribution in [3.63, 3.8) is 0 Å². The highest BCUT2D eigenvalue weighted by Crippen LogP contribution is 2.48. The number of imidazole rings is 1. The number of allylic oxidation sites excluding steroid dienone is 4. The lowest BCUT2D eigenvalue weighted by Gasteiger charge is -2.34. The highest BCUT2D eigenvalue weighted by Gasteiger charge is 2.35. The molecule has 0 saturated heterocycles. The van der Waals surface area contributed by atoms with Gasteiger partial charge in [0.25, 0.3) is 0 Å². The Morgan fingerprint density at radius 1 is 0.767 bits per heavy atom. The lowest BCUT2D eigenvalue weighted by molar-refractivity contribution is 0.546. The molecular formula is C37H26N6. The maximum atomic E-state index is 5.00. The molecule has 1 unspecified atom stereocenters. The summed E-state index contributed by atoms with van der Waals surface area (Å²) in [5.74, 6) is 1.08.